The fourth-order valence-electron chi connectivity index (χ4n) is 4.87. The van der Waals surface area contributed by atoms with Gasteiger partial charge in [0, 0.05) is 18.1 Å². The monoisotopic (exact) mass is 431 g/mol. The molecule has 32 heavy (non-hydrogen) atoms. The van der Waals surface area contributed by atoms with Crippen LogP contribution in [-0.4, -0.2) is 41.1 Å². The standard InChI is InChI=1S/C25H25N3O4/c1-31-18-10-5-9-17(13-18)23-15-20(27-32-23)25(30)28-21-11-6-12-24(29)26-19(21)14-22(28)16-7-3-2-4-8-16/h2-5,7-10,13,15,19,21-22H,6,11-12,14H2,1H3,(H,26,29)/t19-,21+,22+/m0/s1. The molecule has 7 nitrogen and oxygen atoms in total. The van der Waals surface area contributed by atoms with Gasteiger partial charge < -0.3 is 19.5 Å². The number of benzene rings is 2. The fourth-order valence-corrected chi connectivity index (χ4v) is 4.87. The maximum atomic E-state index is 13.7. The number of hydrogen-bond acceptors (Lipinski definition) is 5. The number of aromatic nitrogens is 1. The zero-order valence-electron chi connectivity index (χ0n) is 17.9. The van der Waals surface area contributed by atoms with Gasteiger partial charge in [0.25, 0.3) is 5.91 Å². The van der Waals surface area contributed by atoms with E-state index in [9.17, 15) is 9.59 Å². The molecule has 2 saturated heterocycles. The van der Waals surface area contributed by atoms with Gasteiger partial charge in [0.15, 0.2) is 11.5 Å². The van der Waals surface area contributed by atoms with Gasteiger partial charge in [0.1, 0.15) is 5.75 Å². The normalized spacial score (nSPS) is 22.7. The maximum Gasteiger partial charge on any atom is 0.276 e. The van der Waals surface area contributed by atoms with Gasteiger partial charge in [-0.25, -0.2) is 0 Å². The minimum atomic E-state index is -0.180. The Morgan fingerprint density at radius 1 is 1.16 bits per heavy atom. The number of carbonyl (C=O) groups excluding carboxylic acids is 2. The van der Waals surface area contributed by atoms with E-state index in [1.807, 2.05) is 59.5 Å². The topological polar surface area (TPSA) is 84.7 Å². The Morgan fingerprint density at radius 3 is 2.81 bits per heavy atom. The highest BCUT2D eigenvalue weighted by Crippen LogP contribution is 2.40. The number of hydrogen-bond donors (Lipinski definition) is 1. The molecule has 0 radical (unpaired) electrons. The molecule has 164 valence electrons. The lowest BCUT2D eigenvalue weighted by molar-refractivity contribution is -0.121. The number of nitrogens with zero attached hydrogens (tertiary/aromatic N) is 2. The highest BCUT2D eigenvalue weighted by Gasteiger charge is 2.46. The first-order valence-electron chi connectivity index (χ1n) is 10.9. The zero-order valence-corrected chi connectivity index (χ0v) is 17.9. The number of fused-ring (bicyclic) bond motifs is 1. The van der Waals surface area contributed by atoms with Crippen molar-refractivity contribution in [1.29, 1.82) is 0 Å². The van der Waals surface area contributed by atoms with E-state index in [0.29, 0.717) is 24.4 Å². The molecule has 3 atom stereocenters. The number of amides is 2. The summed E-state index contributed by atoms with van der Waals surface area (Å²) in [6, 6.07) is 18.8. The molecule has 2 aliphatic heterocycles. The van der Waals surface area contributed by atoms with Crippen LogP contribution < -0.4 is 10.1 Å². The summed E-state index contributed by atoms with van der Waals surface area (Å²) < 4.78 is 10.8. The first-order chi connectivity index (χ1) is 15.6. The third kappa shape index (κ3) is 3.75. The van der Waals surface area contributed by atoms with E-state index < -0.39 is 0 Å². The minimum Gasteiger partial charge on any atom is -0.497 e. The summed E-state index contributed by atoms with van der Waals surface area (Å²) in [6.07, 6.45) is 2.72. The number of rotatable bonds is 4. The van der Waals surface area contributed by atoms with Gasteiger partial charge in [-0.2, -0.15) is 0 Å². The van der Waals surface area contributed by atoms with Gasteiger partial charge in [0.2, 0.25) is 5.91 Å². The minimum absolute atomic E-state index is 0.0559. The third-order valence-corrected chi connectivity index (χ3v) is 6.39. The maximum absolute atomic E-state index is 13.7. The summed E-state index contributed by atoms with van der Waals surface area (Å²) in [5, 5.41) is 7.23. The Bertz CT molecular complexity index is 1130. The van der Waals surface area contributed by atoms with Gasteiger partial charge in [0.05, 0.1) is 25.2 Å². The van der Waals surface area contributed by atoms with Gasteiger partial charge >= 0.3 is 0 Å². The molecule has 1 aromatic heterocycles. The molecule has 3 aromatic rings. The van der Waals surface area contributed by atoms with E-state index in [1.54, 1.807) is 13.2 Å². The molecular weight excluding hydrogens is 406 g/mol. The molecule has 0 saturated carbocycles. The Balaban J connectivity index is 1.48. The van der Waals surface area contributed by atoms with Crippen molar-refractivity contribution in [1.82, 2.24) is 15.4 Å². The second kappa shape index (κ2) is 8.49. The molecule has 2 fully saturated rings. The second-order valence-electron chi connectivity index (χ2n) is 8.32. The average Bonchev–Trinajstić information content (AvgIpc) is 3.41. The largest absolute Gasteiger partial charge is 0.497 e. The molecular formula is C25H25N3O4. The number of likely N-dealkylation sites (tertiary alicyclic amines) is 1. The van der Waals surface area contributed by atoms with E-state index in [-0.39, 0.29) is 35.6 Å². The van der Waals surface area contributed by atoms with Crippen LogP contribution >= 0.6 is 0 Å². The molecule has 3 heterocycles. The van der Waals surface area contributed by atoms with Crippen LogP contribution in [0.2, 0.25) is 0 Å². The van der Waals surface area contributed by atoms with Crippen LogP contribution in [0.1, 0.15) is 47.8 Å². The van der Waals surface area contributed by atoms with Crippen molar-refractivity contribution in [3.8, 4) is 17.1 Å². The highest BCUT2D eigenvalue weighted by atomic mass is 16.5. The Morgan fingerprint density at radius 2 is 2.00 bits per heavy atom. The molecule has 2 aromatic carbocycles. The molecule has 0 aliphatic carbocycles. The lowest BCUT2D eigenvalue weighted by Crippen LogP contribution is -2.45. The Hall–Kier alpha value is -3.61. The Labute approximate surface area is 186 Å². The van der Waals surface area contributed by atoms with Crippen LogP contribution in [0.4, 0.5) is 0 Å². The lowest BCUT2D eigenvalue weighted by Gasteiger charge is -2.30. The smallest absolute Gasteiger partial charge is 0.276 e. The zero-order chi connectivity index (χ0) is 22.1. The van der Waals surface area contributed by atoms with Crippen LogP contribution in [0.15, 0.2) is 65.2 Å². The molecule has 7 heteroatoms. The number of nitrogens with one attached hydrogen (secondary N) is 1. The van der Waals surface area contributed by atoms with Crippen molar-refractivity contribution >= 4 is 11.8 Å². The highest BCUT2D eigenvalue weighted by molar-refractivity contribution is 5.94. The summed E-state index contributed by atoms with van der Waals surface area (Å²) in [5.74, 6) is 1.08. The summed E-state index contributed by atoms with van der Waals surface area (Å²) in [6.45, 7) is 0. The predicted octanol–water partition coefficient (Wildman–Crippen LogP) is 3.97. The number of ether oxygens (including phenoxy) is 1. The number of methoxy groups -OCH3 is 1. The molecule has 2 aliphatic rings. The van der Waals surface area contributed by atoms with Crippen LogP contribution in [0, 0.1) is 0 Å². The van der Waals surface area contributed by atoms with Crippen LogP contribution in [0.3, 0.4) is 0 Å². The quantitative estimate of drug-likeness (QED) is 0.676. The number of carbonyl (C=O) groups is 2. The first kappa shape index (κ1) is 20.3. The molecule has 0 bridgehead atoms. The van der Waals surface area contributed by atoms with Crippen molar-refractivity contribution in [3.63, 3.8) is 0 Å². The van der Waals surface area contributed by atoms with Crippen LogP contribution in [-0.2, 0) is 4.79 Å². The van der Waals surface area contributed by atoms with Gasteiger partial charge in [-0.3, -0.25) is 9.59 Å². The summed E-state index contributed by atoms with van der Waals surface area (Å²) in [5.41, 5.74) is 2.11. The van der Waals surface area contributed by atoms with Gasteiger partial charge in [-0.15, -0.1) is 0 Å². The second-order valence-corrected chi connectivity index (χ2v) is 8.32. The SMILES string of the molecule is COc1cccc(-c2cc(C(=O)N3[C@@H](c4ccccc4)C[C@@H]4NC(=O)CCC[C@H]43)no2)c1. The van der Waals surface area contributed by atoms with Crippen molar-refractivity contribution in [2.75, 3.05) is 7.11 Å². The van der Waals surface area contributed by atoms with E-state index in [1.165, 1.54) is 0 Å². The van der Waals surface area contributed by atoms with E-state index >= 15 is 0 Å². The van der Waals surface area contributed by atoms with E-state index in [0.717, 1.165) is 24.0 Å². The molecule has 5 rings (SSSR count). The van der Waals surface area contributed by atoms with Crippen LogP contribution in [0.5, 0.6) is 5.75 Å². The summed E-state index contributed by atoms with van der Waals surface area (Å²) in [4.78, 5) is 27.8. The molecule has 0 unspecified atom stereocenters. The van der Waals surface area contributed by atoms with E-state index in [2.05, 4.69) is 10.5 Å². The third-order valence-electron chi connectivity index (χ3n) is 6.39. The summed E-state index contributed by atoms with van der Waals surface area (Å²) in [7, 11) is 1.60. The van der Waals surface area contributed by atoms with Crippen molar-refractivity contribution in [3.05, 3.63) is 71.9 Å². The van der Waals surface area contributed by atoms with Gasteiger partial charge in [-0.1, -0.05) is 47.6 Å². The first-order valence-corrected chi connectivity index (χ1v) is 10.9. The van der Waals surface area contributed by atoms with Crippen LogP contribution in [0.25, 0.3) is 11.3 Å². The predicted molar refractivity (Wildman–Crippen MR) is 118 cm³/mol. The van der Waals surface area contributed by atoms with E-state index in [4.69, 9.17) is 9.26 Å². The molecule has 0 spiro atoms. The van der Waals surface area contributed by atoms with Crippen molar-refractivity contribution < 1.29 is 18.8 Å². The summed E-state index contributed by atoms with van der Waals surface area (Å²) >= 11 is 0. The average molecular weight is 431 g/mol. The van der Waals surface area contributed by atoms with Gasteiger partial charge in [-0.05, 0) is 37.0 Å². The fraction of sp³-hybridized carbons (Fsp3) is 0.320. The van der Waals surface area contributed by atoms with Crippen molar-refractivity contribution in [2.24, 2.45) is 0 Å². The lowest BCUT2D eigenvalue weighted by atomic mass is 10.0. The Kier molecular flexibility index (Phi) is 5.39. The van der Waals surface area contributed by atoms with Crippen molar-refractivity contribution in [2.45, 2.75) is 43.8 Å². The molecule has 1 N–H and O–H groups in total. The molecule has 2 amide bonds.